The number of nitrogens with two attached hydrogens (primary N) is 2. The van der Waals surface area contributed by atoms with Crippen LogP contribution in [-0.2, 0) is 14.8 Å². The highest BCUT2D eigenvalue weighted by Gasteiger charge is 2.29. The Morgan fingerprint density at radius 2 is 1.96 bits per heavy atom. The van der Waals surface area contributed by atoms with E-state index in [9.17, 15) is 8.42 Å². The molecule has 0 amide bonds. The lowest BCUT2D eigenvalue weighted by Gasteiger charge is -2.31. The average molecular weight is 432 g/mol. The molecule has 0 aliphatic carbocycles. The second kappa shape index (κ2) is 7.76. The monoisotopic (exact) mass is 431 g/mol. The zero-order valence-corrected chi connectivity index (χ0v) is 16.9. The summed E-state index contributed by atoms with van der Waals surface area (Å²) in [5, 5.41) is 5.56. The smallest absolute Gasteiger partial charge is 0.239 e. The highest BCUT2D eigenvalue weighted by molar-refractivity contribution is 7.89. The van der Waals surface area contributed by atoms with Gasteiger partial charge in [-0.25, -0.2) is 18.5 Å². The zero-order chi connectivity index (χ0) is 19.8. The van der Waals surface area contributed by atoms with E-state index in [0.717, 1.165) is 6.42 Å². The minimum absolute atomic E-state index is 0.0329. The summed E-state index contributed by atoms with van der Waals surface area (Å²) in [6.45, 7) is 3.28. The average Bonchev–Trinajstić information content (AvgIpc) is 2.78. The van der Waals surface area contributed by atoms with Crippen LogP contribution in [0.3, 0.4) is 0 Å². The zero-order valence-electron chi connectivity index (χ0n) is 14.5. The molecule has 1 saturated heterocycles. The molecule has 2 heterocycles. The number of aryl methyl sites for hydroxylation is 1. The van der Waals surface area contributed by atoms with Crippen molar-refractivity contribution in [1.82, 2.24) is 9.97 Å². The van der Waals surface area contributed by atoms with Crippen LogP contribution >= 0.6 is 23.2 Å². The summed E-state index contributed by atoms with van der Waals surface area (Å²) in [6.07, 6.45) is 0.757. The fraction of sp³-hybridized carbons (Fsp3) is 0.375. The molecule has 1 aliphatic rings. The first-order valence-corrected chi connectivity index (χ1v) is 10.4. The van der Waals surface area contributed by atoms with E-state index in [1.54, 1.807) is 6.07 Å². The van der Waals surface area contributed by atoms with E-state index in [4.69, 9.17) is 38.8 Å². The van der Waals surface area contributed by atoms with Crippen LogP contribution in [-0.4, -0.2) is 38.1 Å². The van der Waals surface area contributed by atoms with Crippen LogP contribution in [0.1, 0.15) is 23.7 Å². The minimum Gasteiger partial charge on any atom is -0.379 e. The number of aromatic nitrogens is 2. The molecule has 0 spiro atoms. The number of rotatable bonds is 3. The predicted octanol–water partition coefficient (Wildman–Crippen LogP) is 2.29. The Morgan fingerprint density at radius 1 is 1.22 bits per heavy atom. The third kappa shape index (κ3) is 4.44. The van der Waals surface area contributed by atoms with Crippen LogP contribution in [0.25, 0.3) is 0 Å². The number of anilines is 2. The second-order valence-electron chi connectivity index (χ2n) is 6.21. The van der Waals surface area contributed by atoms with Crippen molar-refractivity contribution in [3.05, 3.63) is 39.5 Å². The Balaban J connectivity index is 2.14. The fourth-order valence-corrected chi connectivity index (χ4v) is 4.50. The molecule has 0 bridgehead atoms. The van der Waals surface area contributed by atoms with E-state index in [1.807, 2.05) is 11.8 Å². The standard InChI is InChI=1S/C16H19Cl2N5O3S/c1-9-5-15(22-16(19)21-9)23-3-2-4-26-8-13(23)10-6-14(27(20,24)25)12(18)7-11(10)17/h5-7,13H,2-4,8H2,1H3,(H2,19,21,22)(H2,20,24,25). The van der Waals surface area contributed by atoms with Gasteiger partial charge in [-0.05, 0) is 31.0 Å². The summed E-state index contributed by atoms with van der Waals surface area (Å²) in [6, 6.07) is 4.18. The van der Waals surface area contributed by atoms with E-state index in [1.165, 1.54) is 12.1 Å². The second-order valence-corrected chi connectivity index (χ2v) is 8.56. The summed E-state index contributed by atoms with van der Waals surface area (Å²) in [5.41, 5.74) is 7.05. The quantitative estimate of drug-likeness (QED) is 0.763. The Bertz CT molecular complexity index is 951. The predicted molar refractivity (Wildman–Crippen MR) is 105 cm³/mol. The molecule has 1 aliphatic heterocycles. The Kier molecular flexibility index (Phi) is 5.78. The largest absolute Gasteiger partial charge is 0.379 e. The van der Waals surface area contributed by atoms with Gasteiger partial charge in [-0.3, -0.25) is 0 Å². The van der Waals surface area contributed by atoms with Crippen molar-refractivity contribution in [3.63, 3.8) is 0 Å². The summed E-state index contributed by atoms with van der Waals surface area (Å²) in [5.74, 6) is 0.764. The van der Waals surface area contributed by atoms with Crippen molar-refractivity contribution in [2.24, 2.45) is 5.14 Å². The van der Waals surface area contributed by atoms with Gasteiger partial charge in [0.2, 0.25) is 16.0 Å². The van der Waals surface area contributed by atoms with Gasteiger partial charge in [0, 0.05) is 29.9 Å². The SMILES string of the molecule is Cc1cc(N2CCCOCC2c2cc(S(N)(=O)=O)c(Cl)cc2Cl)nc(N)n1. The fourth-order valence-electron chi connectivity index (χ4n) is 3.05. The summed E-state index contributed by atoms with van der Waals surface area (Å²) in [7, 11) is -4.01. The molecule has 4 N–H and O–H groups in total. The van der Waals surface area contributed by atoms with Crippen LogP contribution in [0.15, 0.2) is 23.1 Å². The van der Waals surface area contributed by atoms with E-state index in [2.05, 4.69) is 9.97 Å². The van der Waals surface area contributed by atoms with Gasteiger partial charge in [0.05, 0.1) is 17.7 Å². The molecule has 1 fully saturated rings. The third-order valence-corrected chi connectivity index (χ3v) is 5.91. The third-order valence-electron chi connectivity index (χ3n) is 4.21. The van der Waals surface area contributed by atoms with Crippen molar-refractivity contribution in [3.8, 4) is 0 Å². The topological polar surface area (TPSA) is 124 Å². The Morgan fingerprint density at radius 3 is 2.63 bits per heavy atom. The van der Waals surface area contributed by atoms with Gasteiger partial charge in [-0.2, -0.15) is 4.98 Å². The van der Waals surface area contributed by atoms with Crippen LogP contribution in [0.5, 0.6) is 0 Å². The molecule has 1 aromatic carbocycles. The van der Waals surface area contributed by atoms with Crippen LogP contribution < -0.4 is 15.8 Å². The van der Waals surface area contributed by atoms with Crippen molar-refractivity contribution < 1.29 is 13.2 Å². The number of nitrogens with zero attached hydrogens (tertiary/aromatic N) is 3. The molecule has 1 unspecified atom stereocenters. The van der Waals surface area contributed by atoms with E-state index in [0.29, 0.717) is 35.2 Å². The number of primary sulfonamides is 1. The number of hydrogen-bond acceptors (Lipinski definition) is 7. The van der Waals surface area contributed by atoms with Gasteiger partial charge in [0.15, 0.2) is 0 Å². The maximum atomic E-state index is 11.9. The molecule has 27 heavy (non-hydrogen) atoms. The molecule has 2 aromatic rings. The van der Waals surface area contributed by atoms with Gasteiger partial charge in [0.25, 0.3) is 0 Å². The molecule has 11 heteroatoms. The summed E-state index contributed by atoms with van der Waals surface area (Å²) >= 11 is 12.4. The molecule has 146 valence electrons. The lowest BCUT2D eigenvalue weighted by atomic mass is 10.1. The van der Waals surface area contributed by atoms with E-state index in [-0.39, 0.29) is 22.5 Å². The van der Waals surface area contributed by atoms with Gasteiger partial charge in [0.1, 0.15) is 10.7 Å². The number of ether oxygens (including phenoxy) is 1. The maximum Gasteiger partial charge on any atom is 0.239 e. The summed E-state index contributed by atoms with van der Waals surface area (Å²) < 4.78 is 29.4. The first kappa shape index (κ1) is 20.1. The van der Waals surface area contributed by atoms with Crippen molar-refractivity contribution >= 4 is 45.0 Å². The number of benzene rings is 1. The van der Waals surface area contributed by atoms with Gasteiger partial charge >= 0.3 is 0 Å². The number of halogens is 2. The van der Waals surface area contributed by atoms with E-state index >= 15 is 0 Å². The van der Waals surface area contributed by atoms with Gasteiger partial charge < -0.3 is 15.4 Å². The molecule has 1 aromatic heterocycles. The van der Waals surface area contributed by atoms with Crippen molar-refractivity contribution in [2.75, 3.05) is 30.4 Å². The van der Waals surface area contributed by atoms with Crippen LogP contribution in [0.2, 0.25) is 10.0 Å². The molecule has 8 nitrogen and oxygen atoms in total. The van der Waals surface area contributed by atoms with Crippen LogP contribution in [0, 0.1) is 6.92 Å². The number of nitrogen functional groups attached to an aromatic ring is 1. The highest BCUT2D eigenvalue weighted by atomic mass is 35.5. The number of sulfonamides is 1. The normalized spacial score (nSPS) is 18.4. The molecule has 1 atom stereocenters. The summed E-state index contributed by atoms with van der Waals surface area (Å²) in [4.78, 5) is 10.2. The molecule has 0 radical (unpaired) electrons. The lowest BCUT2D eigenvalue weighted by Crippen LogP contribution is -2.32. The Hall–Kier alpha value is -1.65. The van der Waals surface area contributed by atoms with Gasteiger partial charge in [-0.1, -0.05) is 23.2 Å². The maximum absolute atomic E-state index is 11.9. The molecular weight excluding hydrogens is 413 g/mol. The molecule has 3 rings (SSSR count). The van der Waals surface area contributed by atoms with Crippen LogP contribution in [0.4, 0.5) is 11.8 Å². The minimum atomic E-state index is -4.01. The first-order valence-electron chi connectivity index (χ1n) is 8.14. The van der Waals surface area contributed by atoms with E-state index < -0.39 is 16.1 Å². The Labute approximate surface area is 167 Å². The van der Waals surface area contributed by atoms with Gasteiger partial charge in [-0.15, -0.1) is 0 Å². The van der Waals surface area contributed by atoms with Crippen molar-refractivity contribution in [2.45, 2.75) is 24.3 Å². The molecule has 0 saturated carbocycles. The van der Waals surface area contributed by atoms with Crippen molar-refractivity contribution in [1.29, 1.82) is 0 Å². The highest BCUT2D eigenvalue weighted by Crippen LogP contribution is 2.36. The lowest BCUT2D eigenvalue weighted by molar-refractivity contribution is 0.134. The first-order chi connectivity index (χ1) is 12.7. The molecular formula is C16H19Cl2N5O3S. The number of hydrogen-bond donors (Lipinski definition) is 2.